The second kappa shape index (κ2) is 26.3. The molecule has 0 aliphatic carbocycles. The molecule has 3 aromatic rings. The van der Waals surface area contributed by atoms with Crippen LogP contribution in [0, 0.1) is 28.6 Å². The van der Waals surface area contributed by atoms with E-state index in [9.17, 15) is 33.6 Å². The van der Waals surface area contributed by atoms with Gasteiger partial charge in [0.2, 0.25) is 30.1 Å². The van der Waals surface area contributed by atoms with E-state index in [1.165, 1.54) is 55.4 Å². The van der Waals surface area contributed by atoms with Crippen LogP contribution >= 0.6 is 0 Å². The molecule has 3 heterocycles. The van der Waals surface area contributed by atoms with Gasteiger partial charge in [0.15, 0.2) is 12.2 Å². The SMILES string of the molecule is [2H]CC(C)(C)C(=O)OC[C@H]1OC(Oc2n[nH]c(C(C)C)c2Cc2ccc(OCCCC(=O)NC(C)(C)C(=O)N3CCN(C(=O)OCc4ccccc4)CC3)cc2C)[C@H](OC(=O)C(C)(C)C[2H])[C@@H](OC(=O)C(C)(C)C[2H])[C@@H]1OC(=O)C(C)(C)C[2H]. The average molecular weight is 1120 g/mol. The zero-order valence-corrected chi connectivity index (χ0v) is 48.9. The molecule has 1 unspecified atom stereocenters. The molecule has 2 aromatic carbocycles. The minimum Gasteiger partial charge on any atom is -0.494 e. The summed E-state index contributed by atoms with van der Waals surface area (Å²) in [5.74, 6) is -3.81. The number of esters is 4. The molecule has 5 atom stereocenters. The fraction of sp³-hybridized carbons (Fsp3) is 0.633. The Kier molecular flexibility index (Phi) is 19.0. The van der Waals surface area contributed by atoms with Crippen molar-refractivity contribution in [2.75, 3.05) is 39.4 Å². The first-order valence-corrected chi connectivity index (χ1v) is 27.0. The Balaban J connectivity index is 1.33. The summed E-state index contributed by atoms with van der Waals surface area (Å²) in [6, 6.07) is 14.9. The number of hydrogen-bond acceptors (Lipinski definition) is 16. The first-order chi connectivity index (χ1) is 39.3. The summed E-state index contributed by atoms with van der Waals surface area (Å²) in [6.45, 7) is 20.2. The maximum atomic E-state index is 14.1. The summed E-state index contributed by atoms with van der Waals surface area (Å²) in [4.78, 5) is 98.0. The third-order valence-electron chi connectivity index (χ3n) is 13.1. The van der Waals surface area contributed by atoms with Crippen molar-refractivity contribution >= 4 is 41.8 Å². The number of ether oxygens (including phenoxy) is 8. The van der Waals surface area contributed by atoms with E-state index in [1.54, 1.807) is 29.7 Å². The Bertz CT molecular complexity index is 2760. The Labute approximate surface area is 477 Å². The first-order valence-electron chi connectivity index (χ1n) is 29.8. The molecule has 2 saturated heterocycles. The van der Waals surface area contributed by atoms with Crippen LogP contribution in [0.15, 0.2) is 48.5 Å². The highest BCUT2D eigenvalue weighted by Gasteiger charge is 2.56. The fourth-order valence-electron chi connectivity index (χ4n) is 8.26. The molecule has 0 saturated carbocycles. The van der Waals surface area contributed by atoms with Crippen LogP contribution in [0.4, 0.5) is 4.79 Å². The fourth-order valence-corrected chi connectivity index (χ4v) is 8.26. The smallest absolute Gasteiger partial charge is 0.410 e. The number of rotatable bonds is 19. The van der Waals surface area contributed by atoms with Crippen LogP contribution in [0.2, 0.25) is 0 Å². The molecule has 5 rings (SSSR count). The Hall–Kier alpha value is -6.70. The van der Waals surface area contributed by atoms with Crippen LogP contribution in [0.25, 0.3) is 0 Å². The molecule has 80 heavy (non-hydrogen) atoms. The highest BCUT2D eigenvalue weighted by atomic mass is 16.7. The van der Waals surface area contributed by atoms with Crippen molar-refractivity contribution in [1.82, 2.24) is 25.3 Å². The summed E-state index contributed by atoms with van der Waals surface area (Å²) in [7, 11) is 0. The minimum absolute atomic E-state index is 0.0138. The lowest BCUT2D eigenvalue weighted by Gasteiger charge is -2.45. The second-order valence-electron chi connectivity index (χ2n) is 24.2. The molecule has 20 heteroatoms. The van der Waals surface area contributed by atoms with E-state index in [4.69, 9.17) is 43.4 Å². The number of amides is 3. The molecule has 3 amide bonds. The Morgan fingerprint density at radius 2 is 1.30 bits per heavy atom. The van der Waals surface area contributed by atoms with Crippen molar-refractivity contribution in [3.05, 3.63) is 76.5 Å². The number of nitrogens with one attached hydrogen (secondary N) is 2. The summed E-state index contributed by atoms with van der Waals surface area (Å²) < 4.78 is 81.1. The van der Waals surface area contributed by atoms with Crippen LogP contribution in [0.3, 0.4) is 0 Å². The van der Waals surface area contributed by atoms with Gasteiger partial charge in [-0.2, -0.15) is 0 Å². The lowest BCUT2D eigenvalue weighted by Crippen LogP contribution is -2.65. The topological polar surface area (TPSA) is 241 Å². The monoisotopic (exact) mass is 1120 g/mol. The normalized spacial score (nSPS) is 19.8. The molecule has 0 spiro atoms. The van der Waals surface area contributed by atoms with Crippen molar-refractivity contribution in [1.29, 1.82) is 0 Å². The van der Waals surface area contributed by atoms with Gasteiger partial charge in [0.1, 0.15) is 30.6 Å². The van der Waals surface area contributed by atoms with Gasteiger partial charge in [0.25, 0.3) is 0 Å². The molecule has 442 valence electrons. The quantitative estimate of drug-likeness (QED) is 0.0649. The average Bonchev–Trinajstić information content (AvgIpc) is 2.64. The minimum atomic E-state index is -1.76. The molecule has 2 fully saturated rings. The van der Waals surface area contributed by atoms with Gasteiger partial charge >= 0.3 is 30.0 Å². The van der Waals surface area contributed by atoms with Crippen molar-refractivity contribution < 1.29 is 76.9 Å². The molecule has 1 aromatic heterocycles. The molecule has 20 nitrogen and oxygen atoms in total. The number of H-pyrrole nitrogens is 1. The van der Waals surface area contributed by atoms with Gasteiger partial charge in [-0.1, -0.05) is 50.2 Å². The predicted molar refractivity (Wildman–Crippen MR) is 296 cm³/mol. The molecule has 0 bridgehead atoms. The number of piperazine rings is 1. The standard InChI is InChI=1S/C60H87N5O15/c1-36(2)44-41(33-39-25-26-40(32-37(39)3)73-31-21-24-43(66)61-60(16,17)50(67)64-27-29-65(30-28-64)55(72)75-34-38-22-19-18-20-23-38)48(63-62-44)80-49-47(79-54(71)59(13,14)15)46(78-53(70)58(10,11)12)45(77-52(69)57(7,8)9)42(76-49)35-74-51(68)56(4,5)6/h18-20,22-23,25-26,32,36,42,45-47,49H,21,24,27-31,33-35H2,1-17H3,(H,61,66)(H,62,63)/t42-,45-,46+,47-,49?/m1/s1/i4D,7D,10D,13D. The zero-order chi connectivity index (χ0) is 62.5. The van der Waals surface area contributed by atoms with Crippen molar-refractivity contribution in [3.8, 4) is 11.6 Å². The van der Waals surface area contributed by atoms with Gasteiger partial charge in [-0.25, -0.2) is 4.79 Å². The molecule has 0 radical (unpaired) electrons. The van der Waals surface area contributed by atoms with Crippen molar-refractivity contribution in [2.45, 2.75) is 186 Å². The lowest BCUT2D eigenvalue weighted by atomic mass is 9.93. The van der Waals surface area contributed by atoms with Crippen LogP contribution in [0.5, 0.6) is 11.6 Å². The number of aryl methyl sites for hydroxylation is 1. The van der Waals surface area contributed by atoms with Gasteiger partial charge in [-0.3, -0.25) is 33.9 Å². The Morgan fingerprint density at radius 1 is 0.738 bits per heavy atom. The molecular weight excluding hydrogens is 1030 g/mol. The predicted octanol–water partition coefficient (Wildman–Crippen LogP) is 8.53. The van der Waals surface area contributed by atoms with E-state index in [0.717, 1.165) is 16.7 Å². The number of benzene rings is 2. The van der Waals surface area contributed by atoms with Gasteiger partial charge in [-0.15, -0.1) is 5.10 Å². The number of nitrogens with zero attached hydrogens (tertiary/aromatic N) is 3. The summed E-state index contributed by atoms with van der Waals surface area (Å²) in [5.41, 5.74) is -3.03. The van der Waals surface area contributed by atoms with Crippen molar-refractivity contribution in [3.63, 3.8) is 0 Å². The Morgan fingerprint density at radius 3 is 1.88 bits per heavy atom. The summed E-state index contributed by atoms with van der Waals surface area (Å²) in [5, 5.41) is 10.5. The van der Waals surface area contributed by atoms with E-state index in [1.807, 2.05) is 63.2 Å². The molecular formula is C60H87N5O15. The summed E-state index contributed by atoms with van der Waals surface area (Å²) >= 11 is 0. The number of carbonyl (C=O) groups excluding carboxylic acids is 7. The van der Waals surface area contributed by atoms with Gasteiger partial charge in [0.05, 0.1) is 28.3 Å². The van der Waals surface area contributed by atoms with E-state index in [2.05, 4.69) is 15.5 Å². The highest BCUT2D eigenvalue weighted by Crippen LogP contribution is 2.37. The van der Waals surface area contributed by atoms with Crippen LogP contribution in [-0.2, 0) is 70.2 Å². The first kappa shape index (κ1) is 58.0. The van der Waals surface area contributed by atoms with Crippen LogP contribution in [0.1, 0.15) is 163 Å². The molecule has 2 aliphatic heterocycles. The maximum absolute atomic E-state index is 14.1. The van der Waals surface area contributed by atoms with E-state index in [0.29, 0.717) is 49.6 Å². The van der Waals surface area contributed by atoms with Crippen LogP contribution < -0.4 is 14.8 Å². The molecule has 2 N–H and O–H groups in total. The third-order valence-corrected chi connectivity index (χ3v) is 13.1. The number of carbonyl (C=O) groups is 7. The number of hydrogen-bond donors (Lipinski definition) is 2. The van der Waals surface area contributed by atoms with Gasteiger partial charge < -0.3 is 53.0 Å². The zero-order valence-electron chi connectivity index (χ0n) is 52.9. The number of aromatic nitrogens is 2. The van der Waals surface area contributed by atoms with Crippen molar-refractivity contribution in [2.24, 2.45) is 21.7 Å². The van der Waals surface area contributed by atoms with Gasteiger partial charge in [0, 0.05) is 55.8 Å². The second-order valence-corrected chi connectivity index (χ2v) is 24.2. The molecule has 2 aliphatic rings. The van der Waals surface area contributed by atoms with Gasteiger partial charge in [-0.05, 0) is 145 Å². The lowest BCUT2D eigenvalue weighted by molar-refractivity contribution is -0.294. The maximum Gasteiger partial charge on any atom is 0.410 e. The largest absolute Gasteiger partial charge is 0.494 e. The highest BCUT2D eigenvalue weighted by molar-refractivity contribution is 5.91. The van der Waals surface area contributed by atoms with E-state index >= 15 is 0 Å². The van der Waals surface area contributed by atoms with Crippen LogP contribution in [-0.4, -0.2) is 137 Å². The van der Waals surface area contributed by atoms with E-state index < -0.39 is 115 Å². The summed E-state index contributed by atoms with van der Waals surface area (Å²) in [6.07, 6.45) is -8.25. The number of aromatic amines is 1. The van der Waals surface area contributed by atoms with E-state index in [-0.39, 0.29) is 56.6 Å². The third kappa shape index (κ3) is 17.6.